The van der Waals surface area contributed by atoms with Crippen LogP contribution in [0.15, 0.2) is 44.1 Å². The van der Waals surface area contributed by atoms with Gasteiger partial charge in [-0.05, 0) is 32.3 Å². The quantitative estimate of drug-likeness (QED) is 0.704. The fraction of sp³-hybridized carbons (Fsp3) is 0.550. The topological polar surface area (TPSA) is 109 Å². The molecule has 1 spiro atoms. The molecule has 1 saturated carbocycles. The van der Waals surface area contributed by atoms with Crippen LogP contribution in [0.3, 0.4) is 0 Å². The molecule has 29 heavy (non-hydrogen) atoms. The molecule has 5 rings (SSSR count). The number of amides is 1. The number of fused-ring (bicyclic) bond motifs is 1. The molecule has 0 saturated heterocycles. The number of nitrogens with zero attached hydrogens (tertiary/aromatic N) is 4. The Kier molecular flexibility index (Phi) is 4.44. The van der Waals surface area contributed by atoms with Crippen LogP contribution < -0.4 is 10.6 Å². The Bertz CT molecular complexity index is 907. The van der Waals surface area contributed by atoms with Gasteiger partial charge in [0, 0.05) is 12.1 Å². The highest BCUT2D eigenvalue weighted by Crippen LogP contribution is 2.42. The van der Waals surface area contributed by atoms with Gasteiger partial charge in [0.05, 0.1) is 5.54 Å². The number of rotatable bonds is 1. The molecule has 9 nitrogen and oxygen atoms in total. The van der Waals surface area contributed by atoms with Gasteiger partial charge in [-0.1, -0.05) is 30.1 Å². The van der Waals surface area contributed by atoms with Crippen molar-refractivity contribution in [2.75, 3.05) is 6.61 Å². The first-order chi connectivity index (χ1) is 14.1. The second-order valence-electron chi connectivity index (χ2n) is 7.95. The number of amidine groups is 2. The van der Waals surface area contributed by atoms with Gasteiger partial charge in [-0.25, -0.2) is 15.0 Å². The van der Waals surface area contributed by atoms with E-state index in [2.05, 4.69) is 31.9 Å². The average molecular weight is 396 g/mol. The highest BCUT2D eigenvalue weighted by Gasteiger charge is 2.49. The SMILES string of the molecule is CC1=NC(NC2=NC3CC=CC=C3O2)=NC2(CCCC2)C1C(=O)NC1=NOCC1. The second kappa shape index (κ2) is 7.13. The molecule has 3 aliphatic heterocycles. The molecule has 2 N–H and O–H groups in total. The average Bonchev–Trinajstić information content (AvgIpc) is 3.42. The van der Waals surface area contributed by atoms with E-state index in [-0.39, 0.29) is 11.9 Å². The molecule has 0 aromatic heterocycles. The summed E-state index contributed by atoms with van der Waals surface area (Å²) in [7, 11) is 0. The van der Waals surface area contributed by atoms with Crippen molar-refractivity contribution >= 4 is 29.4 Å². The molecule has 5 aliphatic rings. The van der Waals surface area contributed by atoms with Crippen LogP contribution in [0.1, 0.15) is 45.4 Å². The van der Waals surface area contributed by atoms with E-state index >= 15 is 0 Å². The van der Waals surface area contributed by atoms with Gasteiger partial charge in [-0.15, -0.1) is 0 Å². The lowest BCUT2D eigenvalue weighted by Crippen LogP contribution is -2.52. The van der Waals surface area contributed by atoms with E-state index in [0.717, 1.165) is 43.6 Å². The standard InChI is InChI=1S/C20H24N6O3/c1-12-16(17(27)23-15-8-11-28-26-15)20(9-4-5-10-20)25-18(21-12)24-19-22-13-6-2-3-7-14(13)29-19/h2-3,7,13,16H,4-6,8-11H2,1H3,(H,22,24,25)(H,23,26,27). The van der Waals surface area contributed by atoms with Crippen molar-refractivity contribution in [2.24, 2.45) is 26.1 Å². The van der Waals surface area contributed by atoms with Crippen LogP contribution in [-0.2, 0) is 14.4 Å². The molecule has 1 amide bonds. The van der Waals surface area contributed by atoms with Crippen molar-refractivity contribution in [3.05, 3.63) is 24.0 Å². The Morgan fingerprint density at radius 3 is 2.93 bits per heavy atom. The first kappa shape index (κ1) is 18.1. The highest BCUT2D eigenvalue weighted by molar-refractivity contribution is 6.15. The Balaban J connectivity index is 1.37. The zero-order chi connectivity index (χ0) is 19.8. The monoisotopic (exact) mass is 396 g/mol. The van der Waals surface area contributed by atoms with Crippen LogP contribution in [0, 0.1) is 5.92 Å². The summed E-state index contributed by atoms with van der Waals surface area (Å²) in [5.74, 6) is 1.33. The van der Waals surface area contributed by atoms with Crippen molar-refractivity contribution in [2.45, 2.75) is 57.0 Å². The molecule has 2 unspecified atom stereocenters. The molecule has 2 atom stereocenters. The number of carbonyl (C=O) groups excluding carboxylic acids is 1. The van der Waals surface area contributed by atoms with Gasteiger partial charge in [-0.2, -0.15) is 0 Å². The first-order valence-electron chi connectivity index (χ1n) is 10.2. The summed E-state index contributed by atoms with van der Waals surface area (Å²) in [6.45, 7) is 2.39. The van der Waals surface area contributed by atoms with Gasteiger partial charge in [-0.3, -0.25) is 10.1 Å². The maximum absolute atomic E-state index is 13.1. The van der Waals surface area contributed by atoms with Crippen molar-refractivity contribution < 1.29 is 14.4 Å². The van der Waals surface area contributed by atoms with Crippen molar-refractivity contribution in [1.29, 1.82) is 0 Å². The molecule has 0 aromatic rings. The fourth-order valence-corrected chi connectivity index (χ4v) is 4.66. The second-order valence-corrected chi connectivity index (χ2v) is 7.95. The lowest BCUT2D eigenvalue weighted by Gasteiger charge is -2.36. The predicted molar refractivity (Wildman–Crippen MR) is 109 cm³/mol. The van der Waals surface area contributed by atoms with Gasteiger partial charge >= 0.3 is 0 Å². The maximum atomic E-state index is 13.1. The third-order valence-electron chi connectivity index (χ3n) is 5.96. The van der Waals surface area contributed by atoms with E-state index in [1.165, 1.54) is 0 Å². The zero-order valence-electron chi connectivity index (χ0n) is 16.4. The zero-order valence-corrected chi connectivity index (χ0v) is 16.4. The number of carbonyl (C=O) groups is 1. The molecular formula is C20H24N6O3. The summed E-state index contributed by atoms with van der Waals surface area (Å²) in [6.07, 6.45) is 11.2. The molecule has 0 radical (unpaired) electrons. The third-order valence-corrected chi connectivity index (χ3v) is 5.96. The smallest absolute Gasteiger partial charge is 0.297 e. The minimum absolute atomic E-state index is 0.0186. The highest BCUT2D eigenvalue weighted by atomic mass is 16.6. The number of guanidine groups is 1. The van der Waals surface area contributed by atoms with E-state index in [0.29, 0.717) is 30.8 Å². The van der Waals surface area contributed by atoms with E-state index in [1.54, 1.807) is 0 Å². The molecular weight excluding hydrogens is 372 g/mol. The number of ether oxygens (including phenoxy) is 1. The van der Waals surface area contributed by atoms with Crippen molar-refractivity contribution in [1.82, 2.24) is 10.6 Å². The van der Waals surface area contributed by atoms with Crippen LogP contribution in [0.25, 0.3) is 0 Å². The number of allylic oxidation sites excluding steroid dienone is 2. The van der Waals surface area contributed by atoms with Gasteiger partial charge in [0.15, 0.2) is 5.84 Å². The lowest BCUT2D eigenvalue weighted by atomic mass is 9.78. The predicted octanol–water partition coefficient (Wildman–Crippen LogP) is 1.78. The Morgan fingerprint density at radius 1 is 1.31 bits per heavy atom. The maximum Gasteiger partial charge on any atom is 0.297 e. The Labute approximate surface area is 168 Å². The summed E-state index contributed by atoms with van der Waals surface area (Å²) in [5.41, 5.74) is 0.240. The summed E-state index contributed by atoms with van der Waals surface area (Å²) in [4.78, 5) is 32.1. The largest absolute Gasteiger partial charge is 0.428 e. The van der Waals surface area contributed by atoms with Crippen LogP contribution in [0.4, 0.5) is 0 Å². The number of oxime groups is 1. The Morgan fingerprint density at radius 2 is 2.17 bits per heavy atom. The van der Waals surface area contributed by atoms with Gasteiger partial charge < -0.3 is 14.9 Å². The van der Waals surface area contributed by atoms with Crippen LogP contribution >= 0.6 is 0 Å². The van der Waals surface area contributed by atoms with Gasteiger partial charge in [0.1, 0.15) is 24.3 Å². The van der Waals surface area contributed by atoms with Crippen LogP contribution in [0.2, 0.25) is 0 Å². The van der Waals surface area contributed by atoms with E-state index in [4.69, 9.17) is 14.6 Å². The number of hydrogen-bond donors (Lipinski definition) is 2. The minimum atomic E-state index is -0.495. The third kappa shape index (κ3) is 3.34. The fourth-order valence-electron chi connectivity index (χ4n) is 4.66. The lowest BCUT2D eigenvalue weighted by molar-refractivity contribution is -0.123. The van der Waals surface area contributed by atoms with Gasteiger partial charge in [0.25, 0.3) is 6.02 Å². The molecule has 0 bridgehead atoms. The molecule has 3 heterocycles. The summed E-state index contributed by atoms with van der Waals surface area (Å²) in [6, 6.07) is 0.430. The van der Waals surface area contributed by atoms with Crippen molar-refractivity contribution in [3.8, 4) is 0 Å². The number of aliphatic imine (C=N–C) groups is 3. The normalized spacial score (nSPS) is 29.1. The number of hydrogen-bond acceptors (Lipinski definition) is 8. The van der Waals surface area contributed by atoms with Crippen molar-refractivity contribution in [3.63, 3.8) is 0 Å². The van der Waals surface area contributed by atoms with E-state index < -0.39 is 11.5 Å². The first-order valence-corrected chi connectivity index (χ1v) is 10.2. The molecule has 9 heteroatoms. The summed E-state index contributed by atoms with van der Waals surface area (Å²) >= 11 is 0. The minimum Gasteiger partial charge on any atom is -0.428 e. The summed E-state index contributed by atoms with van der Waals surface area (Å²) in [5, 5.41) is 9.92. The van der Waals surface area contributed by atoms with Crippen LogP contribution in [0.5, 0.6) is 0 Å². The van der Waals surface area contributed by atoms with Gasteiger partial charge in [0.2, 0.25) is 11.9 Å². The molecule has 0 aromatic carbocycles. The Hall–Kier alpha value is -2.97. The molecule has 152 valence electrons. The number of nitrogens with one attached hydrogen (secondary N) is 2. The van der Waals surface area contributed by atoms with Crippen LogP contribution in [-0.4, -0.2) is 47.6 Å². The molecule has 1 fully saturated rings. The van der Waals surface area contributed by atoms with E-state index in [1.807, 2.05) is 19.1 Å². The summed E-state index contributed by atoms with van der Waals surface area (Å²) < 4.78 is 5.81. The van der Waals surface area contributed by atoms with E-state index in [9.17, 15) is 4.79 Å². The molecule has 2 aliphatic carbocycles.